The van der Waals surface area contributed by atoms with Gasteiger partial charge in [0.25, 0.3) is 0 Å². The Kier molecular flexibility index (Phi) is 4.44. The number of nitrogen functional groups attached to an aromatic ring is 1. The highest BCUT2D eigenvalue weighted by atomic mass is 79.9. The van der Waals surface area contributed by atoms with Crippen LogP contribution < -0.4 is 15.2 Å². The average Bonchev–Trinajstić information content (AvgIpc) is 2.36. The van der Waals surface area contributed by atoms with Crippen molar-refractivity contribution in [1.29, 1.82) is 0 Å². The maximum absolute atomic E-state index is 13.1. The van der Waals surface area contributed by atoms with E-state index in [-0.39, 0.29) is 12.3 Å². The summed E-state index contributed by atoms with van der Waals surface area (Å²) in [6.45, 7) is 2.08. The zero-order chi connectivity index (χ0) is 14.7. The molecule has 0 unspecified atom stereocenters. The van der Waals surface area contributed by atoms with Crippen LogP contribution in [0.5, 0.6) is 11.5 Å². The fourth-order valence-corrected chi connectivity index (χ4v) is 2.34. The van der Waals surface area contributed by atoms with Crippen LogP contribution >= 0.6 is 15.9 Å². The van der Waals surface area contributed by atoms with E-state index < -0.39 is 5.82 Å². The normalized spacial score (nSPS) is 10.4. The van der Waals surface area contributed by atoms with Crippen molar-refractivity contribution in [2.75, 3.05) is 12.8 Å². The number of nitrogens with two attached hydrogens (primary N) is 1. The third kappa shape index (κ3) is 3.39. The molecule has 0 atom stereocenters. The second-order valence-electron chi connectivity index (χ2n) is 4.23. The summed E-state index contributed by atoms with van der Waals surface area (Å²) in [6.07, 6.45) is 0. The van der Waals surface area contributed by atoms with Crippen molar-refractivity contribution in [3.8, 4) is 11.5 Å². The van der Waals surface area contributed by atoms with Gasteiger partial charge in [0.2, 0.25) is 0 Å². The molecule has 0 saturated carbocycles. The minimum Gasteiger partial charge on any atom is -0.497 e. The number of benzene rings is 1. The van der Waals surface area contributed by atoms with Gasteiger partial charge in [-0.25, -0.2) is 4.39 Å². The summed E-state index contributed by atoms with van der Waals surface area (Å²) in [5.41, 5.74) is 7.50. The van der Waals surface area contributed by atoms with Crippen molar-refractivity contribution < 1.29 is 13.9 Å². The molecule has 2 N–H and O–H groups in total. The van der Waals surface area contributed by atoms with E-state index in [1.807, 2.05) is 13.0 Å². The first kappa shape index (κ1) is 14.6. The van der Waals surface area contributed by atoms with Gasteiger partial charge in [-0.2, -0.15) is 0 Å². The van der Waals surface area contributed by atoms with Gasteiger partial charge in [0, 0.05) is 23.9 Å². The summed E-state index contributed by atoms with van der Waals surface area (Å²) < 4.78 is 24.4. The summed E-state index contributed by atoms with van der Waals surface area (Å²) in [5.74, 6) is 0.688. The van der Waals surface area contributed by atoms with E-state index in [2.05, 4.69) is 20.9 Å². The molecule has 1 aromatic heterocycles. The van der Waals surface area contributed by atoms with Crippen molar-refractivity contribution in [3.05, 3.63) is 45.9 Å². The van der Waals surface area contributed by atoms with E-state index in [9.17, 15) is 4.39 Å². The fourth-order valence-electron chi connectivity index (χ4n) is 1.77. The molecule has 0 spiro atoms. The quantitative estimate of drug-likeness (QED) is 0.866. The fraction of sp³-hybridized carbons (Fsp3) is 0.214. The molecule has 0 aliphatic rings. The standard InChI is InChI=1S/C14H14BrFN2O2/c1-8-3-11(19-2)6-10(18-8)7-20-14-12(15)4-9(16)5-13(14)17/h3-6H,7,17H2,1-2H3. The van der Waals surface area contributed by atoms with Crippen molar-refractivity contribution in [2.24, 2.45) is 0 Å². The van der Waals surface area contributed by atoms with Crippen LogP contribution in [-0.4, -0.2) is 12.1 Å². The number of hydrogen-bond donors (Lipinski definition) is 1. The first-order valence-electron chi connectivity index (χ1n) is 5.88. The maximum Gasteiger partial charge on any atom is 0.157 e. The predicted octanol–water partition coefficient (Wildman–Crippen LogP) is 3.46. The minimum absolute atomic E-state index is 0.215. The highest BCUT2D eigenvalue weighted by molar-refractivity contribution is 9.10. The Balaban J connectivity index is 2.19. The van der Waals surface area contributed by atoms with Gasteiger partial charge in [-0.15, -0.1) is 0 Å². The highest BCUT2D eigenvalue weighted by Crippen LogP contribution is 2.33. The number of ether oxygens (including phenoxy) is 2. The van der Waals surface area contributed by atoms with Crippen LogP contribution in [0.3, 0.4) is 0 Å². The summed E-state index contributed by atoms with van der Waals surface area (Å²) in [4.78, 5) is 4.34. The van der Waals surface area contributed by atoms with Gasteiger partial charge in [0.1, 0.15) is 18.2 Å². The van der Waals surface area contributed by atoms with Crippen LogP contribution in [0.2, 0.25) is 0 Å². The Labute approximate surface area is 124 Å². The SMILES string of the molecule is COc1cc(C)nc(COc2c(N)cc(F)cc2Br)c1. The van der Waals surface area contributed by atoms with Gasteiger partial charge in [-0.3, -0.25) is 4.98 Å². The predicted molar refractivity (Wildman–Crippen MR) is 78.4 cm³/mol. The van der Waals surface area contributed by atoms with Crippen LogP contribution in [0, 0.1) is 12.7 Å². The van der Waals surface area contributed by atoms with Gasteiger partial charge in [-0.05, 0) is 28.9 Å². The molecule has 0 amide bonds. The van der Waals surface area contributed by atoms with E-state index in [4.69, 9.17) is 15.2 Å². The molecule has 0 aliphatic heterocycles. The van der Waals surface area contributed by atoms with Crippen molar-refractivity contribution in [1.82, 2.24) is 4.98 Å². The molecule has 6 heteroatoms. The monoisotopic (exact) mass is 340 g/mol. The number of rotatable bonds is 4. The first-order chi connectivity index (χ1) is 9.49. The Morgan fingerprint density at radius 1 is 1.30 bits per heavy atom. The lowest BCUT2D eigenvalue weighted by Gasteiger charge is -2.11. The summed E-state index contributed by atoms with van der Waals surface area (Å²) in [6, 6.07) is 6.12. The van der Waals surface area contributed by atoms with E-state index in [1.165, 1.54) is 12.1 Å². The van der Waals surface area contributed by atoms with Gasteiger partial charge in [-0.1, -0.05) is 0 Å². The lowest BCUT2D eigenvalue weighted by Crippen LogP contribution is -2.03. The van der Waals surface area contributed by atoms with Gasteiger partial charge < -0.3 is 15.2 Å². The second-order valence-corrected chi connectivity index (χ2v) is 5.09. The van der Waals surface area contributed by atoms with Gasteiger partial charge in [0.05, 0.1) is 23.0 Å². The third-order valence-corrected chi connectivity index (χ3v) is 3.21. The Hall–Kier alpha value is -1.82. The van der Waals surface area contributed by atoms with Gasteiger partial charge in [0.15, 0.2) is 5.75 Å². The number of aromatic nitrogens is 1. The largest absolute Gasteiger partial charge is 0.497 e. The smallest absolute Gasteiger partial charge is 0.157 e. The van der Waals surface area contributed by atoms with Crippen LogP contribution in [0.25, 0.3) is 0 Å². The van der Waals surface area contributed by atoms with Crippen molar-refractivity contribution >= 4 is 21.6 Å². The molecular weight excluding hydrogens is 327 g/mol. The Bertz CT molecular complexity index is 612. The van der Waals surface area contributed by atoms with E-state index in [0.717, 1.165) is 5.69 Å². The lowest BCUT2D eigenvalue weighted by atomic mass is 10.3. The molecule has 1 aromatic carbocycles. The third-order valence-electron chi connectivity index (χ3n) is 2.62. The Morgan fingerprint density at radius 3 is 2.70 bits per heavy atom. The highest BCUT2D eigenvalue weighted by Gasteiger charge is 2.10. The summed E-state index contributed by atoms with van der Waals surface area (Å²) in [7, 11) is 1.59. The number of nitrogens with zero attached hydrogens (tertiary/aromatic N) is 1. The Morgan fingerprint density at radius 2 is 2.05 bits per heavy atom. The second kappa shape index (κ2) is 6.09. The number of pyridine rings is 1. The molecule has 1 heterocycles. The summed E-state index contributed by atoms with van der Waals surface area (Å²) in [5, 5.41) is 0. The maximum atomic E-state index is 13.1. The minimum atomic E-state index is -0.419. The average molecular weight is 341 g/mol. The first-order valence-corrected chi connectivity index (χ1v) is 6.67. The van der Waals surface area contributed by atoms with Crippen LogP contribution in [0.4, 0.5) is 10.1 Å². The number of halogens is 2. The summed E-state index contributed by atoms with van der Waals surface area (Å²) >= 11 is 3.22. The molecule has 4 nitrogen and oxygen atoms in total. The molecule has 0 aliphatic carbocycles. The van der Waals surface area contributed by atoms with Gasteiger partial charge >= 0.3 is 0 Å². The molecule has 2 aromatic rings. The zero-order valence-electron chi connectivity index (χ0n) is 11.1. The molecular formula is C14H14BrFN2O2. The van der Waals surface area contributed by atoms with Crippen LogP contribution in [0.15, 0.2) is 28.7 Å². The number of hydrogen-bond acceptors (Lipinski definition) is 4. The number of anilines is 1. The molecule has 0 saturated heterocycles. The molecule has 0 radical (unpaired) electrons. The molecule has 20 heavy (non-hydrogen) atoms. The zero-order valence-corrected chi connectivity index (χ0v) is 12.7. The van der Waals surface area contributed by atoms with Crippen molar-refractivity contribution in [2.45, 2.75) is 13.5 Å². The molecule has 2 rings (SSSR count). The van der Waals surface area contributed by atoms with Crippen LogP contribution in [-0.2, 0) is 6.61 Å². The van der Waals surface area contributed by atoms with E-state index in [1.54, 1.807) is 13.2 Å². The topological polar surface area (TPSA) is 57.4 Å². The van der Waals surface area contributed by atoms with E-state index in [0.29, 0.717) is 21.7 Å². The number of aryl methyl sites for hydroxylation is 1. The molecule has 0 bridgehead atoms. The molecule has 106 valence electrons. The lowest BCUT2D eigenvalue weighted by molar-refractivity contribution is 0.299. The molecule has 0 fully saturated rings. The van der Waals surface area contributed by atoms with Crippen LogP contribution in [0.1, 0.15) is 11.4 Å². The number of methoxy groups -OCH3 is 1. The van der Waals surface area contributed by atoms with Crippen molar-refractivity contribution in [3.63, 3.8) is 0 Å². The van der Waals surface area contributed by atoms with E-state index >= 15 is 0 Å².